The van der Waals surface area contributed by atoms with Crippen LogP contribution in [0.15, 0.2) is 48.7 Å². The van der Waals surface area contributed by atoms with Crippen molar-refractivity contribution in [1.82, 2.24) is 9.88 Å². The maximum atomic E-state index is 13.2. The van der Waals surface area contributed by atoms with Gasteiger partial charge >= 0.3 is 0 Å². The number of piperidine rings is 1. The predicted octanol–water partition coefficient (Wildman–Crippen LogP) is 3.96. The van der Waals surface area contributed by atoms with Gasteiger partial charge in [-0.1, -0.05) is 6.07 Å². The van der Waals surface area contributed by atoms with Gasteiger partial charge in [-0.3, -0.25) is 9.78 Å². The lowest BCUT2D eigenvalue weighted by molar-refractivity contribution is -0.0936. The molecule has 1 fully saturated rings. The molecule has 6 heteroatoms. The van der Waals surface area contributed by atoms with Crippen molar-refractivity contribution in [1.29, 1.82) is 0 Å². The third-order valence-corrected chi connectivity index (χ3v) is 6.56. The first-order valence-corrected chi connectivity index (χ1v) is 10.7. The molecule has 1 spiro atoms. The first-order chi connectivity index (χ1) is 15.1. The number of aromatic nitrogens is 1. The van der Waals surface area contributed by atoms with Crippen LogP contribution in [0.2, 0.25) is 0 Å². The summed E-state index contributed by atoms with van der Waals surface area (Å²) in [6.07, 6.45) is 4.14. The third kappa shape index (κ3) is 3.41. The number of methoxy groups -OCH3 is 2. The Morgan fingerprint density at radius 3 is 2.61 bits per heavy atom. The van der Waals surface area contributed by atoms with E-state index in [0.717, 1.165) is 41.7 Å². The SMILES string of the molecule is COc1cc2c(cc1OC)C1(CCN(C(=O)c3ccc4ncccc4c3)CC1)OCC2. The molecule has 0 N–H and O–H groups in total. The van der Waals surface area contributed by atoms with Crippen LogP contribution in [-0.2, 0) is 16.8 Å². The van der Waals surface area contributed by atoms with E-state index in [1.54, 1.807) is 20.4 Å². The first kappa shape index (κ1) is 19.8. The Morgan fingerprint density at radius 1 is 1.06 bits per heavy atom. The number of amides is 1. The quantitative estimate of drug-likeness (QED) is 0.644. The zero-order valence-electron chi connectivity index (χ0n) is 17.9. The van der Waals surface area contributed by atoms with Crippen LogP contribution in [0.1, 0.15) is 34.3 Å². The molecule has 3 heterocycles. The predicted molar refractivity (Wildman–Crippen MR) is 118 cm³/mol. The number of likely N-dealkylation sites (tertiary alicyclic amines) is 1. The Labute approximate surface area is 181 Å². The zero-order valence-corrected chi connectivity index (χ0v) is 17.9. The normalized spacial score (nSPS) is 17.4. The highest BCUT2D eigenvalue weighted by Crippen LogP contribution is 2.45. The van der Waals surface area contributed by atoms with Gasteiger partial charge in [0.25, 0.3) is 5.91 Å². The minimum atomic E-state index is -0.378. The molecular formula is C25H26N2O4. The number of pyridine rings is 1. The van der Waals surface area contributed by atoms with Gasteiger partial charge in [0.15, 0.2) is 11.5 Å². The average molecular weight is 418 g/mol. The molecule has 0 unspecified atom stereocenters. The largest absolute Gasteiger partial charge is 0.493 e. The van der Waals surface area contributed by atoms with Gasteiger partial charge in [0.2, 0.25) is 0 Å². The van der Waals surface area contributed by atoms with Crippen molar-refractivity contribution in [3.05, 3.63) is 65.4 Å². The van der Waals surface area contributed by atoms with Gasteiger partial charge in [-0.05, 0) is 66.8 Å². The molecule has 0 bridgehead atoms. The number of carbonyl (C=O) groups excluding carboxylic acids is 1. The highest BCUT2D eigenvalue weighted by molar-refractivity contribution is 5.98. The molecule has 31 heavy (non-hydrogen) atoms. The molecule has 1 saturated heterocycles. The maximum Gasteiger partial charge on any atom is 0.253 e. The topological polar surface area (TPSA) is 60.9 Å². The van der Waals surface area contributed by atoms with Crippen LogP contribution >= 0.6 is 0 Å². The van der Waals surface area contributed by atoms with E-state index < -0.39 is 0 Å². The molecule has 1 amide bonds. The second-order valence-electron chi connectivity index (χ2n) is 8.16. The number of hydrogen-bond acceptors (Lipinski definition) is 5. The van der Waals surface area contributed by atoms with Gasteiger partial charge in [-0.25, -0.2) is 0 Å². The van der Waals surface area contributed by atoms with Crippen LogP contribution in [-0.4, -0.2) is 49.7 Å². The Balaban J connectivity index is 1.38. The molecule has 1 aromatic heterocycles. The molecule has 5 rings (SSSR count). The van der Waals surface area contributed by atoms with Crippen molar-refractivity contribution in [2.24, 2.45) is 0 Å². The second kappa shape index (κ2) is 7.85. The molecule has 6 nitrogen and oxygen atoms in total. The molecule has 2 aliphatic rings. The van der Waals surface area contributed by atoms with Crippen molar-refractivity contribution in [3.63, 3.8) is 0 Å². The highest BCUT2D eigenvalue weighted by Gasteiger charge is 2.42. The molecule has 2 aliphatic heterocycles. The van der Waals surface area contributed by atoms with E-state index >= 15 is 0 Å². The Kier molecular flexibility index (Phi) is 5.02. The molecule has 3 aromatic rings. The van der Waals surface area contributed by atoms with E-state index in [4.69, 9.17) is 14.2 Å². The van der Waals surface area contributed by atoms with Gasteiger partial charge in [-0.15, -0.1) is 0 Å². The summed E-state index contributed by atoms with van der Waals surface area (Å²) in [5.41, 5.74) is 3.63. The highest BCUT2D eigenvalue weighted by atomic mass is 16.5. The number of ether oxygens (including phenoxy) is 3. The standard InChI is InChI=1S/C25H26N2O4/c1-29-22-15-17-7-13-31-25(20(17)16-23(22)30-2)8-11-27(12-9-25)24(28)19-5-6-21-18(14-19)4-3-10-26-21/h3-6,10,14-16H,7-9,11-13H2,1-2H3. The van der Waals surface area contributed by atoms with E-state index in [0.29, 0.717) is 25.3 Å². The Hall–Kier alpha value is -3.12. The summed E-state index contributed by atoms with van der Waals surface area (Å²) in [4.78, 5) is 19.4. The van der Waals surface area contributed by atoms with Crippen molar-refractivity contribution in [3.8, 4) is 11.5 Å². The number of hydrogen-bond donors (Lipinski definition) is 0. The minimum Gasteiger partial charge on any atom is -0.493 e. The lowest BCUT2D eigenvalue weighted by atomic mass is 9.79. The summed E-state index contributed by atoms with van der Waals surface area (Å²) in [7, 11) is 3.31. The summed E-state index contributed by atoms with van der Waals surface area (Å²) < 4.78 is 17.4. The van der Waals surface area contributed by atoms with Gasteiger partial charge in [0, 0.05) is 30.2 Å². The van der Waals surface area contributed by atoms with Gasteiger partial charge in [0.1, 0.15) is 0 Å². The van der Waals surface area contributed by atoms with E-state index in [1.165, 1.54) is 11.1 Å². The monoisotopic (exact) mass is 418 g/mol. The van der Waals surface area contributed by atoms with Crippen molar-refractivity contribution < 1.29 is 19.0 Å². The van der Waals surface area contributed by atoms with Crippen molar-refractivity contribution in [2.75, 3.05) is 33.9 Å². The fourth-order valence-electron chi connectivity index (χ4n) is 4.86. The second-order valence-corrected chi connectivity index (χ2v) is 8.16. The fourth-order valence-corrected chi connectivity index (χ4v) is 4.86. The molecular weight excluding hydrogens is 392 g/mol. The van der Waals surface area contributed by atoms with Crippen LogP contribution in [0.5, 0.6) is 11.5 Å². The van der Waals surface area contributed by atoms with E-state index in [-0.39, 0.29) is 11.5 Å². The van der Waals surface area contributed by atoms with Crippen LogP contribution in [0.4, 0.5) is 0 Å². The van der Waals surface area contributed by atoms with E-state index in [9.17, 15) is 4.79 Å². The average Bonchev–Trinajstić information content (AvgIpc) is 2.83. The number of carbonyl (C=O) groups is 1. The fraction of sp³-hybridized carbons (Fsp3) is 0.360. The summed E-state index contributed by atoms with van der Waals surface area (Å²) in [6.45, 7) is 1.98. The first-order valence-electron chi connectivity index (χ1n) is 10.7. The maximum absolute atomic E-state index is 13.2. The van der Waals surface area contributed by atoms with Crippen LogP contribution < -0.4 is 9.47 Å². The number of fused-ring (bicyclic) bond motifs is 3. The molecule has 0 saturated carbocycles. The number of nitrogens with zero attached hydrogens (tertiary/aromatic N) is 2. The zero-order chi connectivity index (χ0) is 21.4. The van der Waals surface area contributed by atoms with Crippen LogP contribution in [0.3, 0.4) is 0 Å². The summed E-state index contributed by atoms with van der Waals surface area (Å²) in [5, 5.41) is 0.979. The molecule has 160 valence electrons. The van der Waals surface area contributed by atoms with Crippen LogP contribution in [0, 0.1) is 0 Å². The van der Waals surface area contributed by atoms with Gasteiger partial charge in [-0.2, -0.15) is 0 Å². The smallest absolute Gasteiger partial charge is 0.253 e. The van der Waals surface area contributed by atoms with Gasteiger partial charge < -0.3 is 19.1 Å². The third-order valence-electron chi connectivity index (χ3n) is 6.56. The molecule has 0 atom stereocenters. The van der Waals surface area contributed by atoms with Crippen molar-refractivity contribution in [2.45, 2.75) is 24.9 Å². The summed E-state index contributed by atoms with van der Waals surface area (Å²) in [5.74, 6) is 1.52. The molecule has 2 aromatic carbocycles. The lowest BCUT2D eigenvalue weighted by Crippen LogP contribution is -2.48. The molecule has 0 aliphatic carbocycles. The number of rotatable bonds is 3. The Morgan fingerprint density at radius 2 is 1.84 bits per heavy atom. The van der Waals surface area contributed by atoms with E-state index in [1.807, 2.05) is 35.2 Å². The summed E-state index contributed by atoms with van der Waals surface area (Å²) >= 11 is 0. The molecule has 0 radical (unpaired) electrons. The van der Waals surface area contributed by atoms with Gasteiger partial charge in [0.05, 0.1) is 31.9 Å². The minimum absolute atomic E-state index is 0.0592. The lowest BCUT2D eigenvalue weighted by Gasteiger charge is -2.45. The Bertz CT molecular complexity index is 1140. The van der Waals surface area contributed by atoms with E-state index in [2.05, 4.69) is 17.1 Å². The van der Waals surface area contributed by atoms with Crippen molar-refractivity contribution >= 4 is 16.8 Å². The number of benzene rings is 2. The summed E-state index contributed by atoms with van der Waals surface area (Å²) in [6, 6.07) is 13.7. The van der Waals surface area contributed by atoms with Crippen LogP contribution in [0.25, 0.3) is 10.9 Å².